The highest BCUT2D eigenvalue weighted by Crippen LogP contribution is 2.56. The summed E-state index contributed by atoms with van der Waals surface area (Å²) in [6, 6.07) is 72.5. The lowest BCUT2D eigenvalue weighted by atomic mass is 9.75. The lowest BCUT2D eigenvalue weighted by Gasteiger charge is -2.28. The van der Waals surface area contributed by atoms with Gasteiger partial charge in [-0.15, -0.1) is 22.7 Å². The van der Waals surface area contributed by atoms with Crippen LogP contribution in [0, 0.1) is 0 Å². The summed E-state index contributed by atoms with van der Waals surface area (Å²) in [5.74, 6) is 0.398. The third-order valence-corrected chi connectivity index (χ3v) is 15.1. The third-order valence-electron chi connectivity index (χ3n) is 12.8. The molecular formula is C56H35NS2. The summed E-state index contributed by atoms with van der Waals surface area (Å²) >= 11 is 3.77. The van der Waals surface area contributed by atoms with Gasteiger partial charge in [0, 0.05) is 63.3 Å². The minimum atomic E-state index is 0.398. The lowest BCUT2D eigenvalue weighted by Crippen LogP contribution is -2.10. The number of thiophene rings is 2. The Bertz CT molecular complexity index is 3480. The Kier molecular flexibility index (Phi) is 7.24. The number of hydrogen-bond donors (Lipinski definition) is 0. The second-order valence-electron chi connectivity index (χ2n) is 16.0. The molecule has 1 unspecified atom stereocenters. The fourth-order valence-corrected chi connectivity index (χ4v) is 12.4. The first-order valence-corrected chi connectivity index (χ1v) is 22.0. The zero-order valence-electron chi connectivity index (χ0n) is 32.0. The molecule has 2 aliphatic rings. The number of nitrogens with zero attached hydrogens (tertiary/aromatic N) is 1. The van der Waals surface area contributed by atoms with E-state index in [4.69, 9.17) is 0 Å². The SMILES string of the molecule is c1ccc(-c2ccc(N(c3ccc4c(c3)sc3ccccc34)c3ccc4c(c3)sc3cc(-c5ccc6c7c5-c5ccccc5CC7c5ccccc5-6)ccc34)cc2)cc1. The van der Waals surface area contributed by atoms with Gasteiger partial charge in [0.05, 0.1) is 0 Å². The topological polar surface area (TPSA) is 3.24 Å². The van der Waals surface area contributed by atoms with Crippen LogP contribution in [0.3, 0.4) is 0 Å². The molecule has 1 atom stereocenters. The summed E-state index contributed by atoms with van der Waals surface area (Å²) in [5, 5.41) is 5.25. The molecule has 0 saturated carbocycles. The van der Waals surface area contributed by atoms with Gasteiger partial charge in [0.25, 0.3) is 0 Å². The monoisotopic (exact) mass is 785 g/mol. The summed E-state index contributed by atoms with van der Waals surface area (Å²) in [7, 11) is 0. The van der Waals surface area contributed by atoms with Crippen molar-refractivity contribution in [2.24, 2.45) is 0 Å². The van der Waals surface area contributed by atoms with Gasteiger partial charge in [-0.05, 0) is 116 Å². The molecule has 11 aromatic rings. The van der Waals surface area contributed by atoms with E-state index in [1.165, 1.54) is 102 Å². The number of anilines is 3. The Labute approximate surface area is 350 Å². The van der Waals surface area contributed by atoms with Gasteiger partial charge in [-0.3, -0.25) is 0 Å². The fourth-order valence-electron chi connectivity index (χ4n) is 10.1. The van der Waals surface area contributed by atoms with E-state index in [1.807, 2.05) is 22.7 Å². The maximum Gasteiger partial charge on any atom is 0.0476 e. The van der Waals surface area contributed by atoms with Crippen molar-refractivity contribution in [1.29, 1.82) is 0 Å². The van der Waals surface area contributed by atoms with Crippen molar-refractivity contribution >= 4 is 80.1 Å². The van der Waals surface area contributed by atoms with Crippen molar-refractivity contribution in [3.05, 3.63) is 211 Å². The van der Waals surface area contributed by atoms with Crippen LogP contribution in [-0.4, -0.2) is 0 Å². The minimum Gasteiger partial charge on any atom is -0.310 e. The zero-order valence-corrected chi connectivity index (χ0v) is 33.7. The maximum absolute atomic E-state index is 2.45. The van der Waals surface area contributed by atoms with Gasteiger partial charge in [-0.25, -0.2) is 0 Å². The second-order valence-corrected chi connectivity index (χ2v) is 18.1. The molecule has 0 radical (unpaired) electrons. The Morgan fingerprint density at radius 1 is 0.373 bits per heavy atom. The van der Waals surface area contributed by atoms with E-state index in [2.05, 4.69) is 199 Å². The molecule has 0 N–H and O–H groups in total. The largest absolute Gasteiger partial charge is 0.310 e. The van der Waals surface area contributed by atoms with E-state index < -0.39 is 0 Å². The summed E-state index contributed by atoms with van der Waals surface area (Å²) in [4.78, 5) is 2.43. The molecule has 13 rings (SSSR count). The van der Waals surface area contributed by atoms with Gasteiger partial charge >= 0.3 is 0 Å². The highest BCUT2D eigenvalue weighted by molar-refractivity contribution is 7.26. The number of benzene rings is 9. The quantitative estimate of drug-likeness (QED) is 0.168. The third kappa shape index (κ3) is 5.08. The number of fused-ring (bicyclic) bond motifs is 11. The second kappa shape index (κ2) is 12.9. The van der Waals surface area contributed by atoms with Crippen LogP contribution in [0.4, 0.5) is 17.1 Å². The molecule has 276 valence electrons. The average molecular weight is 786 g/mol. The first-order chi connectivity index (χ1) is 29.2. The van der Waals surface area contributed by atoms with Crippen LogP contribution in [0.2, 0.25) is 0 Å². The zero-order chi connectivity index (χ0) is 38.6. The fraction of sp³-hybridized carbons (Fsp3) is 0.0357. The van der Waals surface area contributed by atoms with Gasteiger partial charge in [0.2, 0.25) is 0 Å². The van der Waals surface area contributed by atoms with Crippen LogP contribution < -0.4 is 4.90 Å². The maximum atomic E-state index is 2.45. The van der Waals surface area contributed by atoms with E-state index in [0.29, 0.717) is 5.92 Å². The molecule has 9 aromatic carbocycles. The molecule has 2 heterocycles. The van der Waals surface area contributed by atoms with Crippen LogP contribution in [-0.2, 0) is 6.42 Å². The standard InChI is InChI=1S/C56H35NS2/c1-2-10-34(11-3-1)35-18-21-38(22-19-35)57(39-23-26-47-45-16-8-9-17-51(45)58-53(47)32-39)40-24-27-48-46-25-20-37(31-52(46)59-54(48)33-40)42-28-29-49-43-14-6-7-15-44(43)50-30-36-12-4-5-13-41(36)55(42)56(49)50/h1-29,31-33,50H,30H2. The molecule has 1 nitrogen and oxygen atoms in total. The highest BCUT2D eigenvalue weighted by atomic mass is 32.1. The first kappa shape index (κ1) is 33.2. The molecule has 2 aliphatic carbocycles. The Morgan fingerprint density at radius 3 is 1.73 bits per heavy atom. The predicted octanol–water partition coefficient (Wildman–Crippen LogP) is 16.6. The van der Waals surface area contributed by atoms with Gasteiger partial charge in [-0.2, -0.15) is 0 Å². The van der Waals surface area contributed by atoms with Crippen LogP contribution in [0.5, 0.6) is 0 Å². The van der Waals surface area contributed by atoms with Crippen molar-refractivity contribution in [3.8, 4) is 44.5 Å². The summed E-state index contributed by atoms with van der Waals surface area (Å²) < 4.78 is 5.23. The predicted molar refractivity (Wildman–Crippen MR) is 254 cm³/mol. The van der Waals surface area contributed by atoms with E-state index in [9.17, 15) is 0 Å². The van der Waals surface area contributed by atoms with Gasteiger partial charge < -0.3 is 4.90 Å². The molecule has 0 bridgehead atoms. The van der Waals surface area contributed by atoms with Crippen molar-refractivity contribution in [2.75, 3.05) is 4.90 Å². The number of hydrogen-bond acceptors (Lipinski definition) is 3. The highest BCUT2D eigenvalue weighted by Gasteiger charge is 2.36. The molecule has 0 saturated heterocycles. The van der Waals surface area contributed by atoms with Crippen molar-refractivity contribution in [2.45, 2.75) is 12.3 Å². The summed E-state index contributed by atoms with van der Waals surface area (Å²) in [6.45, 7) is 0. The molecular weight excluding hydrogens is 751 g/mol. The van der Waals surface area contributed by atoms with E-state index in [-0.39, 0.29) is 0 Å². The summed E-state index contributed by atoms with van der Waals surface area (Å²) in [5.41, 5.74) is 18.5. The average Bonchev–Trinajstić information content (AvgIpc) is 3.96. The molecule has 0 amide bonds. The van der Waals surface area contributed by atoms with E-state index in [0.717, 1.165) is 23.5 Å². The first-order valence-electron chi connectivity index (χ1n) is 20.4. The Balaban J connectivity index is 0.946. The van der Waals surface area contributed by atoms with Gasteiger partial charge in [0.1, 0.15) is 0 Å². The summed E-state index contributed by atoms with van der Waals surface area (Å²) in [6.07, 6.45) is 1.06. The van der Waals surface area contributed by atoms with Crippen LogP contribution >= 0.6 is 22.7 Å². The van der Waals surface area contributed by atoms with Crippen LogP contribution in [0.15, 0.2) is 194 Å². The van der Waals surface area contributed by atoms with Gasteiger partial charge in [0.15, 0.2) is 0 Å². The van der Waals surface area contributed by atoms with Gasteiger partial charge in [-0.1, -0.05) is 146 Å². The van der Waals surface area contributed by atoms with Crippen molar-refractivity contribution < 1.29 is 0 Å². The van der Waals surface area contributed by atoms with Crippen molar-refractivity contribution in [1.82, 2.24) is 0 Å². The van der Waals surface area contributed by atoms with Crippen molar-refractivity contribution in [3.63, 3.8) is 0 Å². The lowest BCUT2D eigenvalue weighted by molar-refractivity contribution is 0.816. The minimum absolute atomic E-state index is 0.398. The molecule has 0 aliphatic heterocycles. The van der Waals surface area contributed by atoms with E-state index >= 15 is 0 Å². The smallest absolute Gasteiger partial charge is 0.0476 e. The molecule has 59 heavy (non-hydrogen) atoms. The van der Waals surface area contributed by atoms with Crippen LogP contribution in [0.25, 0.3) is 84.9 Å². The normalized spacial score (nSPS) is 13.9. The molecule has 3 heteroatoms. The Hall–Kier alpha value is -6.78. The molecule has 0 fully saturated rings. The molecule has 0 spiro atoms. The van der Waals surface area contributed by atoms with E-state index in [1.54, 1.807) is 0 Å². The van der Waals surface area contributed by atoms with Crippen LogP contribution in [0.1, 0.15) is 22.6 Å². The molecule has 2 aromatic heterocycles. The number of rotatable bonds is 5. The Morgan fingerprint density at radius 2 is 0.932 bits per heavy atom.